The van der Waals surface area contributed by atoms with Crippen LogP contribution in [0.4, 0.5) is 0 Å². The Morgan fingerprint density at radius 1 is 1.29 bits per heavy atom. The number of nitrogens with zero attached hydrogens (tertiary/aromatic N) is 4. The first kappa shape index (κ1) is 8.83. The van der Waals surface area contributed by atoms with Gasteiger partial charge in [0, 0.05) is 18.6 Å². The van der Waals surface area contributed by atoms with Crippen molar-refractivity contribution in [3.63, 3.8) is 0 Å². The minimum absolute atomic E-state index is 0.579. The lowest BCUT2D eigenvalue weighted by atomic mass is 10.3. The molecular formula is C9H11N5. The molecule has 2 aromatic heterocycles. The SMILES string of the molecule is NCCc1cnn(-c2ncccn2)c1. The van der Waals surface area contributed by atoms with E-state index in [1.54, 1.807) is 29.3 Å². The summed E-state index contributed by atoms with van der Waals surface area (Å²) in [5.74, 6) is 0.579. The fraction of sp³-hybridized carbons (Fsp3) is 0.222. The fourth-order valence-corrected chi connectivity index (χ4v) is 1.17. The zero-order chi connectivity index (χ0) is 9.80. The Kier molecular flexibility index (Phi) is 2.51. The van der Waals surface area contributed by atoms with Crippen LogP contribution in [0.15, 0.2) is 30.9 Å². The molecule has 0 aliphatic rings. The Hall–Kier alpha value is -1.75. The second-order valence-electron chi connectivity index (χ2n) is 2.88. The molecule has 0 radical (unpaired) electrons. The maximum absolute atomic E-state index is 5.44. The third-order valence-corrected chi connectivity index (χ3v) is 1.83. The van der Waals surface area contributed by atoms with Crippen molar-refractivity contribution in [2.75, 3.05) is 6.54 Å². The standard InChI is InChI=1S/C9H11N5/c10-3-2-8-6-13-14(7-8)9-11-4-1-5-12-9/h1,4-7H,2-3,10H2. The molecule has 72 valence electrons. The summed E-state index contributed by atoms with van der Waals surface area (Å²) in [5.41, 5.74) is 6.54. The van der Waals surface area contributed by atoms with Crippen LogP contribution in [0.2, 0.25) is 0 Å². The van der Waals surface area contributed by atoms with Gasteiger partial charge in [-0.15, -0.1) is 0 Å². The highest BCUT2D eigenvalue weighted by atomic mass is 15.3. The van der Waals surface area contributed by atoms with E-state index in [1.807, 2.05) is 6.20 Å². The Morgan fingerprint density at radius 2 is 2.07 bits per heavy atom. The minimum atomic E-state index is 0.579. The molecule has 0 saturated heterocycles. The second-order valence-corrected chi connectivity index (χ2v) is 2.88. The van der Waals surface area contributed by atoms with Gasteiger partial charge in [0.15, 0.2) is 0 Å². The summed E-state index contributed by atoms with van der Waals surface area (Å²) in [5, 5.41) is 4.14. The molecule has 0 aliphatic carbocycles. The molecule has 0 aromatic carbocycles. The summed E-state index contributed by atoms with van der Waals surface area (Å²) >= 11 is 0. The summed E-state index contributed by atoms with van der Waals surface area (Å²) in [6, 6.07) is 1.77. The Morgan fingerprint density at radius 3 is 2.79 bits per heavy atom. The van der Waals surface area contributed by atoms with E-state index in [1.165, 1.54) is 0 Å². The molecule has 14 heavy (non-hydrogen) atoms. The number of aromatic nitrogens is 4. The summed E-state index contributed by atoms with van der Waals surface area (Å²) in [4.78, 5) is 8.16. The molecule has 0 atom stereocenters. The van der Waals surface area contributed by atoms with E-state index in [9.17, 15) is 0 Å². The lowest BCUT2D eigenvalue weighted by Crippen LogP contribution is -2.02. The van der Waals surface area contributed by atoms with E-state index in [0.29, 0.717) is 12.5 Å². The first-order valence-electron chi connectivity index (χ1n) is 4.41. The van der Waals surface area contributed by atoms with Gasteiger partial charge < -0.3 is 5.73 Å². The quantitative estimate of drug-likeness (QED) is 0.746. The van der Waals surface area contributed by atoms with Crippen LogP contribution >= 0.6 is 0 Å². The maximum Gasteiger partial charge on any atom is 0.250 e. The highest BCUT2D eigenvalue weighted by molar-refractivity contribution is 5.13. The van der Waals surface area contributed by atoms with E-state index in [-0.39, 0.29) is 0 Å². The van der Waals surface area contributed by atoms with Gasteiger partial charge >= 0.3 is 0 Å². The molecule has 0 aliphatic heterocycles. The van der Waals surface area contributed by atoms with Crippen molar-refractivity contribution in [1.82, 2.24) is 19.7 Å². The molecule has 2 N–H and O–H groups in total. The predicted octanol–water partition coefficient (Wildman–Crippen LogP) is 0.163. The van der Waals surface area contributed by atoms with Gasteiger partial charge in [0.05, 0.1) is 6.20 Å². The van der Waals surface area contributed by atoms with Crippen molar-refractivity contribution in [2.24, 2.45) is 5.73 Å². The smallest absolute Gasteiger partial charge is 0.250 e. The van der Waals surface area contributed by atoms with Gasteiger partial charge in [-0.25, -0.2) is 14.6 Å². The van der Waals surface area contributed by atoms with Crippen LogP contribution in [0.5, 0.6) is 0 Å². The first-order chi connectivity index (χ1) is 6.90. The van der Waals surface area contributed by atoms with Gasteiger partial charge in [0.25, 0.3) is 0 Å². The average molecular weight is 189 g/mol. The Balaban J connectivity index is 2.25. The normalized spacial score (nSPS) is 10.4. The van der Waals surface area contributed by atoms with Crippen molar-refractivity contribution in [1.29, 1.82) is 0 Å². The van der Waals surface area contributed by atoms with Crippen LogP contribution in [0.25, 0.3) is 5.95 Å². The largest absolute Gasteiger partial charge is 0.330 e. The fourth-order valence-electron chi connectivity index (χ4n) is 1.17. The van der Waals surface area contributed by atoms with Crippen LogP contribution in [0, 0.1) is 0 Å². The highest BCUT2D eigenvalue weighted by Crippen LogP contribution is 2.02. The number of nitrogens with two attached hydrogens (primary N) is 1. The molecule has 0 amide bonds. The van der Waals surface area contributed by atoms with Crippen LogP contribution in [-0.2, 0) is 6.42 Å². The third kappa shape index (κ3) is 1.77. The molecule has 0 saturated carbocycles. The maximum atomic E-state index is 5.44. The van der Waals surface area contributed by atoms with E-state index in [4.69, 9.17) is 5.73 Å². The summed E-state index contributed by atoms with van der Waals surface area (Å²) < 4.78 is 1.64. The van der Waals surface area contributed by atoms with Crippen molar-refractivity contribution in [3.05, 3.63) is 36.4 Å². The number of hydrogen-bond acceptors (Lipinski definition) is 4. The Labute approximate surface area is 81.6 Å². The van der Waals surface area contributed by atoms with Crippen molar-refractivity contribution in [3.8, 4) is 5.95 Å². The molecular weight excluding hydrogens is 178 g/mol. The zero-order valence-electron chi connectivity index (χ0n) is 7.67. The first-order valence-corrected chi connectivity index (χ1v) is 4.41. The summed E-state index contributed by atoms with van der Waals surface area (Å²) in [6.45, 7) is 0.626. The lowest BCUT2D eigenvalue weighted by molar-refractivity contribution is 0.807. The monoisotopic (exact) mass is 189 g/mol. The molecule has 2 aromatic rings. The second kappa shape index (κ2) is 3.97. The van der Waals surface area contributed by atoms with E-state index < -0.39 is 0 Å². The van der Waals surface area contributed by atoms with Gasteiger partial charge in [0.2, 0.25) is 5.95 Å². The number of rotatable bonds is 3. The topological polar surface area (TPSA) is 69.6 Å². The molecule has 0 spiro atoms. The molecule has 2 heterocycles. The van der Waals surface area contributed by atoms with E-state index >= 15 is 0 Å². The average Bonchev–Trinajstić information content (AvgIpc) is 2.68. The summed E-state index contributed by atoms with van der Waals surface area (Å²) in [7, 11) is 0. The van der Waals surface area contributed by atoms with Gasteiger partial charge in [-0.1, -0.05) is 0 Å². The van der Waals surface area contributed by atoms with Crippen molar-refractivity contribution < 1.29 is 0 Å². The van der Waals surface area contributed by atoms with E-state index in [0.717, 1.165) is 12.0 Å². The van der Waals surface area contributed by atoms with Gasteiger partial charge in [-0.3, -0.25) is 0 Å². The lowest BCUT2D eigenvalue weighted by Gasteiger charge is -1.95. The zero-order valence-corrected chi connectivity index (χ0v) is 7.67. The molecule has 0 fully saturated rings. The van der Waals surface area contributed by atoms with Crippen LogP contribution in [0.1, 0.15) is 5.56 Å². The van der Waals surface area contributed by atoms with Gasteiger partial charge in [-0.05, 0) is 24.6 Å². The number of hydrogen-bond donors (Lipinski definition) is 1. The predicted molar refractivity (Wildman–Crippen MR) is 51.9 cm³/mol. The molecule has 5 nitrogen and oxygen atoms in total. The molecule has 5 heteroatoms. The third-order valence-electron chi connectivity index (χ3n) is 1.83. The highest BCUT2D eigenvalue weighted by Gasteiger charge is 2.00. The van der Waals surface area contributed by atoms with Gasteiger partial charge in [0.1, 0.15) is 0 Å². The molecule has 2 rings (SSSR count). The van der Waals surface area contributed by atoms with Crippen molar-refractivity contribution >= 4 is 0 Å². The molecule has 0 bridgehead atoms. The van der Waals surface area contributed by atoms with Crippen molar-refractivity contribution in [2.45, 2.75) is 6.42 Å². The van der Waals surface area contributed by atoms with Crippen LogP contribution in [-0.4, -0.2) is 26.3 Å². The van der Waals surface area contributed by atoms with Crippen LogP contribution < -0.4 is 5.73 Å². The Bertz CT molecular complexity index is 395. The molecule has 0 unspecified atom stereocenters. The minimum Gasteiger partial charge on any atom is -0.330 e. The van der Waals surface area contributed by atoms with E-state index in [2.05, 4.69) is 15.1 Å². The van der Waals surface area contributed by atoms with Crippen LogP contribution in [0.3, 0.4) is 0 Å². The summed E-state index contributed by atoms with van der Waals surface area (Å²) in [6.07, 6.45) is 7.87. The van der Waals surface area contributed by atoms with Gasteiger partial charge in [-0.2, -0.15) is 5.10 Å².